The van der Waals surface area contributed by atoms with Crippen LogP contribution in [0.5, 0.6) is 5.75 Å². The number of methoxy groups -OCH3 is 1. The quantitative estimate of drug-likeness (QED) is 0.437. The molecular weight excluding hydrogens is 422 g/mol. The third kappa shape index (κ3) is 4.29. The van der Waals surface area contributed by atoms with E-state index in [1.54, 1.807) is 7.11 Å². The number of amides is 1. The van der Waals surface area contributed by atoms with E-state index >= 15 is 0 Å². The number of carbonyl (C=O) groups excluding carboxylic acids is 1. The van der Waals surface area contributed by atoms with Gasteiger partial charge in [-0.2, -0.15) is 0 Å². The number of aryl methyl sites for hydroxylation is 2. The summed E-state index contributed by atoms with van der Waals surface area (Å²) in [6.07, 6.45) is 3.09. The molecule has 2 aromatic carbocycles. The Kier molecular flexibility index (Phi) is 6.37. The molecule has 7 heteroatoms. The van der Waals surface area contributed by atoms with E-state index in [0.717, 1.165) is 45.8 Å². The molecule has 6 nitrogen and oxygen atoms in total. The number of benzene rings is 2. The summed E-state index contributed by atoms with van der Waals surface area (Å²) < 4.78 is 7.11. The minimum absolute atomic E-state index is 0.0846. The fourth-order valence-corrected chi connectivity index (χ4v) is 4.76. The predicted molar refractivity (Wildman–Crippen MR) is 130 cm³/mol. The first-order chi connectivity index (χ1) is 15.5. The highest BCUT2D eigenvalue weighted by atomic mass is 32.1. The number of fused-ring (bicyclic) bond motifs is 1. The molecule has 0 saturated carbocycles. The van der Waals surface area contributed by atoms with Gasteiger partial charge in [0.2, 0.25) is 5.91 Å². The summed E-state index contributed by atoms with van der Waals surface area (Å²) in [5.41, 5.74) is 4.42. The molecule has 0 saturated heterocycles. The number of hydrogen-bond acceptors (Lipinski definition) is 5. The van der Waals surface area contributed by atoms with Gasteiger partial charge in [0.1, 0.15) is 17.0 Å². The van der Waals surface area contributed by atoms with Crippen LogP contribution in [0.3, 0.4) is 0 Å². The number of ether oxygens (including phenoxy) is 1. The third-order valence-corrected chi connectivity index (χ3v) is 6.62. The standard InChI is InChI=1S/C25H25N3O3S/c1-4-16-7-6-8-17(5-2)23(16)27-22(29)14-28-15-26-20-13-21(32-24(20)25(28)30)18-9-11-19(31-3)12-10-18/h6-13,15H,4-5,14H2,1-3H3,(H,27,29). The van der Waals surface area contributed by atoms with Crippen LogP contribution >= 0.6 is 11.3 Å². The Morgan fingerprint density at radius 1 is 1.09 bits per heavy atom. The van der Waals surface area contributed by atoms with Gasteiger partial charge in [-0.3, -0.25) is 14.2 Å². The zero-order valence-electron chi connectivity index (χ0n) is 18.3. The maximum atomic E-state index is 13.0. The predicted octanol–water partition coefficient (Wildman–Crippen LogP) is 4.90. The van der Waals surface area contributed by atoms with Crippen molar-refractivity contribution in [3.8, 4) is 16.2 Å². The van der Waals surface area contributed by atoms with Crippen molar-refractivity contribution in [2.75, 3.05) is 12.4 Å². The summed E-state index contributed by atoms with van der Waals surface area (Å²) in [6, 6.07) is 15.6. The number of hydrogen-bond donors (Lipinski definition) is 1. The van der Waals surface area contributed by atoms with Crippen molar-refractivity contribution < 1.29 is 9.53 Å². The van der Waals surface area contributed by atoms with E-state index < -0.39 is 0 Å². The van der Waals surface area contributed by atoms with Crippen LogP contribution in [0.4, 0.5) is 5.69 Å². The molecule has 0 fully saturated rings. The van der Waals surface area contributed by atoms with Gasteiger partial charge in [0.25, 0.3) is 5.56 Å². The Morgan fingerprint density at radius 3 is 2.41 bits per heavy atom. The molecule has 32 heavy (non-hydrogen) atoms. The van der Waals surface area contributed by atoms with Gasteiger partial charge < -0.3 is 10.1 Å². The van der Waals surface area contributed by atoms with Crippen molar-refractivity contribution in [1.29, 1.82) is 0 Å². The molecule has 0 aliphatic rings. The van der Waals surface area contributed by atoms with Gasteiger partial charge in [-0.15, -0.1) is 11.3 Å². The number of anilines is 1. The van der Waals surface area contributed by atoms with Gasteiger partial charge in [-0.1, -0.05) is 32.0 Å². The molecule has 1 N–H and O–H groups in total. The molecule has 0 aliphatic heterocycles. The molecule has 4 aromatic rings. The van der Waals surface area contributed by atoms with Crippen LogP contribution in [0.25, 0.3) is 20.7 Å². The van der Waals surface area contributed by atoms with Crippen LogP contribution in [0.1, 0.15) is 25.0 Å². The molecule has 0 atom stereocenters. The highest BCUT2D eigenvalue weighted by Gasteiger charge is 2.14. The van der Waals surface area contributed by atoms with Crippen molar-refractivity contribution in [2.45, 2.75) is 33.2 Å². The van der Waals surface area contributed by atoms with Crippen LogP contribution in [-0.4, -0.2) is 22.6 Å². The number of aromatic nitrogens is 2. The Balaban J connectivity index is 1.59. The lowest BCUT2D eigenvalue weighted by Gasteiger charge is -2.14. The molecule has 1 amide bonds. The van der Waals surface area contributed by atoms with Crippen molar-refractivity contribution in [3.05, 3.63) is 76.3 Å². The van der Waals surface area contributed by atoms with Gasteiger partial charge in [-0.25, -0.2) is 4.98 Å². The average Bonchev–Trinajstić information content (AvgIpc) is 3.26. The minimum atomic E-state index is -0.240. The second-order valence-electron chi connectivity index (χ2n) is 7.44. The van der Waals surface area contributed by atoms with E-state index in [-0.39, 0.29) is 18.0 Å². The van der Waals surface area contributed by atoms with Crippen molar-refractivity contribution in [3.63, 3.8) is 0 Å². The summed E-state index contributed by atoms with van der Waals surface area (Å²) in [5.74, 6) is 0.535. The highest BCUT2D eigenvalue weighted by Crippen LogP contribution is 2.31. The van der Waals surface area contributed by atoms with Crippen LogP contribution in [0.15, 0.2) is 59.7 Å². The minimum Gasteiger partial charge on any atom is -0.497 e. The molecular formula is C25H25N3O3S. The molecule has 4 rings (SSSR count). The molecule has 0 spiro atoms. The Hall–Kier alpha value is -3.45. The van der Waals surface area contributed by atoms with Gasteiger partial charge >= 0.3 is 0 Å². The molecule has 164 valence electrons. The smallest absolute Gasteiger partial charge is 0.271 e. The molecule has 0 bridgehead atoms. The van der Waals surface area contributed by atoms with Gasteiger partial charge in [0.05, 0.1) is 19.0 Å². The molecule has 0 unspecified atom stereocenters. The first-order valence-corrected chi connectivity index (χ1v) is 11.4. The average molecular weight is 448 g/mol. The number of nitrogens with zero attached hydrogens (tertiary/aromatic N) is 2. The molecule has 0 radical (unpaired) electrons. The number of thiophene rings is 1. The summed E-state index contributed by atoms with van der Waals surface area (Å²) in [5, 5.41) is 3.01. The van der Waals surface area contributed by atoms with Crippen molar-refractivity contribution in [1.82, 2.24) is 9.55 Å². The molecule has 2 heterocycles. The lowest BCUT2D eigenvalue weighted by molar-refractivity contribution is -0.116. The number of rotatable bonds is 7. The first-order valence-electron chi connectivity index (χ1n) is 10.6. The fourth-order valence-electron chi connectivity index (χ4n) is 3.69. The topological polar surface area (TPSA) is 73.2 Å². The highest BCUT2D eigenvalue weighted by molar-refractivity contribution is 7.22. The summed E-state index contributed by atoms with van der Waals surface area (Å²) in [6.45, 7) is 4.03. The van der Waals surface area contributed by atoms with Gasteiger partial charge in [0, 0.05) is 10.6 Å². The first kappa shape index (κ1) is 21.8. The third-order valence-electron chi connectivity index (χ3n) is 5.46. The van der Waals surface area contributed by atoms with E-state index in [4.69, 9.17) is 4.74 Å². The lowest BCUT2D eigenvalue weighted by Crippen LogP contribution is -2.28. The fraction of sp³-hybridized carbons (Fsp3) is 0.240. The van der Waals surface area contributed by atoms with Gasteiger partial charge in [0.15, 0.2) is 0 Å². The summed E-state index contributed by atoms with van der Waals surface area (Å²) in [4.78, 5) is 31.2. The monoisotopic (exact) mass is 447 g/mol. The number of para-hydroxylation sites is 1. The Morgan fingerprint density at radius 2 is 1.78 bits per heavy atom. The lowest BCUT2D eigenvalue weighted by atomic mass is 10.0. The molecule has 2 aromatic heterocycles. The zero-order valence-corrected chi connectivity index (χ0v) is 19.2. The molecule has 0 aliphatic carbocycles. The van der Waals surface area contributed by atoms with E-state index in [1.165, 1.54) is 22.2 Å². The maximum absolute atomic E-state index is 13.0. The second kappa shape index (κ2) is 9.36. The second-order valence-corrected chi connectivity index (χ2v) is 8.49. The van der Waals surface area contributed by atoms with E-state index in [9.17, 15) is 9.59 Å². The zero-order chi connectivity index (χ0) is 22.7. The summed E-state index contributed by atoms with van der Waals surface area (Å²) >= 11 is 1.38. The van der Waals surface area contributed by atoms with E-state index in [0.29, 0.717) is 10.2 Å². The normalized spacial score (nSPS) is 11.0. The maximum Gasteiger partial charge on any atom is 0.271 e. The Bertz CT molecular complexity index is 1300. The van der Waals surface area contributed by atoms with Crippen molar-refractivity contribution >= 4 is 33.1 Å². The van der Waals surface area contributed by atoms with Crippen LogP contribution in [-0.2, 0) is 24.2 Å². The van der Waals surface area contributed by atoms with E-state index in [1.807, 2.05) is 48.5 Å². The van der Waals surface area contributed by atoms with Crippen LogP contribution in [0, 0.1) is 0 Å². The Labute approximate surface area is 190 Å². The SMILES string of the molecule is CCc1cccc(CC)c1NC(=O)Cn1cnc2cc(-c3ccc(OC)cc3)sc2c1=O. The van der Waals surface area contributed by atoms with Crippen LogP contribution < -0.4 is 15.6 Å². The van der Waals surface area contributed by atoms with Crippen molar-refractivity contribution in [2.24, 2.45) is 0 Å². The van der Waals surface area contributed by atoms with Gasteiger partial charge in [-0.05, 0) is 59.9 Å². The summed E-state index contributed by atoms with van der Waals surface area (Å²) in [7, 11) is 1.63. The number of nitrogens with one attached hydrogen (secondary N) is 1. The largest absolute Gasteiger partial charge is 0.497 e. The number of carbonyl (C=O) groups is 1. The van der Waals surface area contributed by atoms with E-state index in [2.05, 4.69) is 24.1 Å². The van der Waals surface area contributed by atoms with Crippen LogP contribution in [0.2, 0.25) is 0 Å².